The van der Waals surface area contributed by atoms with Gasteiger partial charge in [0.1, 0.15) is 5.82 Å². The van der Waals surface area contributed by atoms with E-state index in [1.807, 2.05) is 6.92 Å². The first-order chi connectivity index (χ1) is 13.3. The zero-order valence-corrected chi connectivity index (χ0v) is 17.4. The lowest BCUT2D eigenvalue weighted by molar-refractivity contribution is 0.00311. The Morgan fingerprint density at radius 2 is 2.04 bits per heavy atom. The predicted octanol–water partition coefficient (Wildman–Crippen LogP) is 2.60. The van der Waals surface area contributed by atoms with Gasteiger partial charge in [0.05, 0.1) is 36.6 Å². The van der Waals surface area contributed by atoms with E-state index < -0.39 is 0 Å². The highest BCUT2D eigenvalue weighted by atomic mass is 16.5. The largest absolute Gasteiger partial charge is 0.394 e. The van der Waals surface area contributed by atoms with Crippen molar-refractivity contribution in [2.75, 3.05) is 31.7 Å². The molecule has 3 heterocycles. The molecule has 1 saturated heterocycles. The molecule has 1 N–H and O–H groups in total. The fourth-order valence-corrected chi connectivity index (χ4v) is 5.04. The van der Waals surface area contributed by atoms with Crippen molar-refractivity contribution in [3.8, 4) is 0 Å². The second-order valence-electron chi connectivity index (χ2n) is 9.67. The smallest absolute Gasteiger partial charge is 0.256 e. The van der Waals surface area contributed by atoms with E-state index in [0.29, 0.717) is 29.0 Å². The lowest BCUT2D eigenvalue weighted by atomic mass is 10.00. The Kier molecular flexibility index (Phi) is 4.05. The lowest BCUT2D eigenvalue weighted by Crippen LogP contribution is -2.40. The molecule has 1 aromatic rings. The van der Waals surface area contributed by atoms with E-state index in [1.54, 1.807) is 11.9 Å². The monoisotopic (exact) mass is 385 g/mol. The van der Waals surface area contributed by atoms with E-state index in [2.05, 4.69) is 18.7 Å². The minimum Gasteiger partial charge on any atom is -0.394 e. The summed E-state index contributed by atoms with van der Waals surface area (Å²) in [6, 6.07) is 0.160. The molecule has 3 fully saturated rings. The number of anilines is 1. The molecule has 4 atom stereocenters. The van der Waals surface area contributed by atoms with E-state index in [9.17, 15) is 9.90 Å². The molecule has 6 nitrogen and oxygen atoms in total. The van der Waals surface area contributed by atoms with Gasteiger partial charge in [0.15, 0.2) is 0 Å². The van der Waals surface area contributed by atoms with Crippen LogP contribution in [0.15, 0.2) is 0 Å². The average Bonchev–Trinajstić information content (AvgIpc) is 3.58. The summed E-state index contributed by atoms with van der Waals surface area (Å²) < 4.78 is 6.31. The summed E-state index contributed by atoms with van der Waals surface area (Å²) in [5.41, 5.74) is 3.96. The average molecular weight is 386 g/mol. The molecule has 5 rings (SSSR count). The SMILES string of the molecule is Cc1c(N2CCC(OCC3(C)CC3)C3CC32)nc2c(c1C)C(=O)N(C)C2CO. The number of likely N-dealkylation sites (N-methyl/N-ethyl adjacent to an activating group) is 1. The Hall–Kier alpha value is -1.66. The zero-order chi connectivity index (χ0) is 19.8. The molecule has 4 aliphatic rings. The molecule has 2 aliphatic carbocycles. The van der Waals surface area contributed by atoms with Crippen LogP contribution in [0.1, 0.15) is 65.8 Å². The Labute approximate surface area is 166 Å². The number of fused-ring (bicyclic) bond motifs is 2. The quantitative estimate of drug-likeness (QED) is 0.844. The fraction of sp³-hybridized carbons (Fsp3) is 0.727. The van der Waals surface area contributed by atoms with Gasteiger partial charge in [-0.1, -0.05) is 6.92 Å². The number of carbonyl (C=O) groups excluding carboxylic acids is 1. The van der Waals surface area contributed by atoms with Crippen LogP contribution in [-0.4, -0.2) is 59.8 Å². The van der Waals surface area contributed by atoms with E-state index in [-0.39, 0.29) is 18.6 Å². The van der Waals surface area contributed by atoms with Crippen molar-refractivity contribution in [1.29, 1.82) is 0 Å². The van der Waals surface area contributed by atoms with Crippen molar-refractivity contribution in [3.63, 3.8) is 0 Å². The minimum atomic E-state index is -0.337. The van der Waals surface area contributed by atoms with Gasteiger partial charge in [-0.25, -0.2) is 4.98 Å². The number of hydrogen-bond donors (Lipinski definition) is 1. The normalized spacial score (nSPS) is 32.4. The van der Waals surface area contributed by atoms with Gasteiger partial charge in [0.25, 0.3) is 5.91 Å². The number of rotatable bonds is 5. The van der Waals surface area contributed by atoms with Crippen LogP contribution in [0.25, 0.3) is 0 Å². The highest BCUT2D eigenvalue weighted by Crippen LogP contribution is 2.50. The lowest BCUT2D eigenvalue weighted by Gasteiger charge is -2.34. The van der Waals surface area contributed by atoms with Gasteiger partial charge in [-0.2, -0.15) is 0 Å². The molecule has 152 valence electrons. The molecule has 28 heavy (non-hydrogen) atoms. The van der Waals surface area contributed by atoms with Gasteiger partial charge < -0.3 is 19.6 Å². The molecule has 0 spiro atoms. The van der Waals surface area contributed by atoms with E-state index in [1.165, 1.54) is 19.3 Å². The first-order valence-corrected chi connectivity index (χ1v) is 10.6. The maximum absolute atomic E-state index is 12.6. The third-order valence-corrected chi connectivity index (χ3v) is 7.60. The molecule has 4 unspecified atom stereocenters. The van der Waals surface area contributed by atoms with E-state index in [0.717, 1.165) is 42.2 Å². The summed E-state index contributed by atoms with van der Waals surface area (Å²) in [5.74, 6) is 1.57. The summed E-state index contributed by atoms with van der Waals surface area (Å²) in [7, 11) is 1.75. The molecule has 2 saturated carbocycles. The van der Waals surface area contributed by atoms with Gasteiger partial charge in [-0.05, 0) is 56.1 Å². The number of aliphatic hydroxyl groups is 1. The molecular weight excluding hydrogens is 354 g/mol. The number of carbonyl (C=O) groups is 1. The Balaban J connectivity index is 1.39. The predicted molar refractivity (Wildman–Crippen MR) is 107 cm³/mol. The molecular formula is C22H31N3O3. The Morgan fingerprint density at radius 3 is 2.71 bits per heavy atom. The van der Waals surface area contributed by atoms with Crippen LogP contribution in [0, 0.1) is 25.2 Å². The van der Waals surface area contributed by atoms with Crippen molar-refractivity contribution < 1.29 is 14.6 Å². The minimum absolute atomic E-state index is 0.0290. The number of amides is 1. The molecule has 0 radical (unpaired) electrons. The Bertz CT molecular complexity index is 835. The van der Waals surface area contributed by atoms with Crippen LogP contribution in [-0.2, 0) is 4.74 Å². The number of aromatic nitrogens is 1. The number of nitrogens with zero attached hydrogens (tertiary/aromatic N) is 3. The maximum Gasteiger partial charge on any atom is 0.256 e. The van der Waals surface area contributed by atoms with Crippen LogP contribution in [0.2, 0.25) is 0 Å². The summed E-state index contributed by atoms with van der Waals surface area (Å²) in [6.45, 7) is 8.17. The third-order valence-electron chi connectivity index (χ3n) is 7.60. The van der Waals surface area contributed by atoms with Gasteiger partial charge in [-0.15, -0.1) is 0 Å². The van der Waals surface area contributed by atoms with Gasteiger partial charge in [0, 0.05) is 25.6 Å². The van der Waals surface area contributed by atoms with Gasteiger partial charge in [0.2, 0.25) is 0 Å². The van der Waals surface area contributed by atoms with Crippen LogP contribution in [0.4, 0.5) is 5.82 Å². The standard InChI is InChI=1S/C22H31N3O3/c1-12-13(2)20(23-19-16(10-26)24(4)21(27)18(12)19)25-8-5-17(14-9-15(14)25)28-11-22(3)6-7-22/h14-17,26H,5-11H2,1-4H3. The molecule has 0 aromatic carbocycles. The van der Waals surface area contributed by atoms with Crippen molar-refractivity contribution in [2.24, 2.45) is 11.3 Å². The van der Waals surface area contributed by atoms with Crippen LogP contribution < -0.4 is 4.90 Å². The number of aliphatic hydroxyl groups excluding tert-OH is 1. The van der Waals surface area contributed by atoms with Crippen LogP contribution in [0.3, 0.4) is 0 Å². The van der Waals surface area contributed by atoms with Crippen LogP contribution >= 0.6 is 0 Å². The first-order valence-electron chi connectivity index (χ1n) is 10.6. The summed E-state index contributed by atoms with van der Waals surface area (Å²) in [4.78, 5) is 21.6. The summed E-state index contributed by atoms with van der Waals surface area (Å²) in [5, 5.41) is 9.82. The fourth-order valence-electron chi connectivity index (χ4n) is 5.04. The molecule has 2 aliphatic heterocycles. The van der Waals surface area contributed by atoms with Crippen molar-refractivity contribution >= 4 is 11.7 Å². The molecule has 0 bridgehead atoms. The highest BCUT2D eigenvalue weighted by Gasteiger charge is 2.52. The number of hydrogen-bond acceptors (Lipinski definition) is 5. The summed E-state index contributed by atoms with van der Waals surface area (Å²) >= 11 is 0. The Morgan fingerprint density at radius 1 is 1.29 bits per heavy atom. The second-order valence-corrected chi connectivity index (χ2v) is 9.67. The number of pyridine rings is 1. The van der Waals surface area contributed by atoms with E-state index >= 15 is 0 Å². The van der Waals surface area contributed by atoms with Crippen molar-refractivity contribution in [2.45, 2.75) is 64.6 Å². The second kappa shape index (κ2) is 6.17. The molecule has 6 heteroatoms. The molecule has 1 amide bonds. The zero-order valence-electron chi connectivity index (χ0n) is 17.4. The number of piperidine rings is 1. The highest BCUT2D eigenvalue weighted by molar-refractivity contribution is 6.00. The van der Waals surface area contributed by atoms with Crippen LogP contribution in [0.5, 0.6) is 0 Å². The third kappa shape index (κ3) is 2.68. The maximum atomic E-state index is 12.6. The van der Waals surface area contributed by atoms with Gasteiger partial charge in [-0.3, -0.25) is 4.79 Å². The van der Waals surface area contributed by atoms with Crippen molar-refractivity contribution in [3.05, 3.63) is 22.4 Å². The summed E-state index contributed by atoms with van der Waals surface area (Å²) in [6.07, 6.45) is 5.19. The molecule has 1 aromatic heterocycles. The van der Waals surface area contributed by atoms with Gasteiger partial charge >= 0.3 is 0 Å². The van der Waals surface area contributed by atoms with E-state index in [4.69, 9.17) is 9.72 Å². The topological polar surface area (TPSA) is 65.9 Å². The van der Waals surface area contributed by atoms with Crippen molar-refractivity contribution in [1.82, 2.24) is 9.88 Å². The number of ether oxygens (including phenoxy) is 1. The first kappa shape index (κ1) is 18.4.